The van der Waals surface area contributed by atoms with Crippen LogP contribution in [0.15, 0.2) is 31.9 Å². The molecule has 0 unspecified atom stereocenters. The van der Waals surface area contributed by atoms with E-state index < -0.39 is 0 Å². The fraction of sp³-hybridized carbons (Fsp3) is 0.615. The van der Waals surface area contributed by atoms with E-state index in [1.54, 1.807) is 6.92 Å². The third-order valence-electron chi connectivity index (χ3n) is 4.79. The van der Waals surface area contributed by atoms with E-state index in [-0.39, 0.29) is 5.91 Å². The minimum Gasteiger partial charge on any atom is -0.306 e. The Morgan fingerprint density at radius 3 is 2.12 bits per heavy atom. The smallest absolute Gasteiger partial charge is 0.243 e. The molecule has 1 heterocycles. The molecule has 0 bridgehead atoms. The van der Waals surface area contributed by atoms with Crippen LogP contribution >= 0.6 is 0 Å². The Morgan fingerprint density at radius 1 is 1.12 bits per heavy atom. The van der Waals surface area contributed by atoms with Gasteiger partial charge in [-0.3, -0.25) is 14.9 Å². The zero-order valence-corrected chi connectivity index (χ0v) is 21.3. The SMILES string of the molecule is C=C.C=CCc1nc(C)c(CN(CCCC)CCCC)n1/C=C\CCC.CCC(=O)NO. The van der Waals surface area contributed by atoms with Crippen LogP contribution in [-0.2, 0) is 17.8 Å². The second kappa shape index (κ2) is 22.0. The van der Waals surface area contributed by atoms with E-state index >= 15 is 0 Å². The van der Waals surface area contributed by atoms with Crippen molar-refractivity contribution in [1.29, 1.82) is 0 Å². The highest BCUT2D eigenvalue weighted by Gasteiger charge is 2.15. The number of carbonyl (C=O) groups excluding carboxylic acids is 1. The Kier molecular flexibility index (Phi) is 22.0. The third-order valence-corrected chi connectivity index (χ3v) is 4.79. The molecule has 2 N–H and O–H groups in total. The first-order valence-corrected chi connectivity index (χ1v) is 12.0. The van der Waals surface area contributed by atoms with Gasteiger partial charge in [0, 0.05) is 25.6 Å². The summed E-state index contributed by atoms with van der Waals surface area (Å²) in [5.41, 5.74) is 3.97. The predicted octanol–water partition coefficient (Wildman–Crippen LogP) is 6.30. The van der Waals surface area contributed by atoms with Crippen LogP contribution < -0.4 is 5.48 Å². The molecule has 1 amide bonds. The minimum absolute atomic E-state index is 0.330. The van der Waals surface area contributed by atoms with Crippen LogP contribution in [0.2, 0.25) is 0 Å². The van der Waals surface area contributed by atoms with E-state index in [1.165, 1.54) is 56.4 Å². The highest BCUT2D eigenvalue weighted by molar-refractivity contribution is 5.74. The molecule has 0 aliphatic heterocycles. The Hall–Kier alpha value is -2.18. The van der Waals surface area contributed by atoms with Crippen molar-refractivity contribution in [3.63, 3.8) is 0 Å². The van der Waals surface area contributed by atoms with Crippen molar-refractivity contribution < 1.29 is 10.0 Å². The lowest BCUT2D eigenvalue weighted by Gasteiger charge is -2.22. The van der Waals surface area contributed by atoms with Gasteiger partial charge in [0.25, 0.3) is 0 Å². The van der Waals surface area contributed by atoms with E-state index in [0.717, 1.165) is 30.9 Å². The molecular weight excluding hydrogens is 400 g/mol. The molecule has 0 atom stereocenters. The monoisotopic (exact) mass is 448 g/mol. The lowest BCUT2D eigenvalue weighted by molar-refractivity contribution is -0.128. The van der Waals surface area contributed by atoms with E-state index in [4.69, 9.17) is 10.2 Å². The van der Waals surface area contributed by atoms with E-state index in [1.807, 2.05) is 6.08 Å². The van der Waals surface area contributed by atoms with Gasteiger partial charge in [-0.15, -0.1) is 19.7 Å². The maximum atomic E-state index is 9.82. The number of hydrogen-bond acceptors (Lipinski definition) is 4. The summed E-state index contributed by atoms with van der Waals surface area (Å²) in [6.45, 7) is 23.8. The van der Waals surface area contributed by atoms with Crippen molar-refractivity contribution in [2.24, 2.45) is 0 Å². The average molecular weight is 449 g/mol. The molecule has 1 rings (SSSR count). The molecular formula is C26H48N4O2. The van der Waals surface area contributed by atoms with Crippen molar-refractivity contribution in [2.45, 2.75) is 92.5 Å². The number of nitrogens with one attached hydrogen (secondary N) is 1. The molecule has 0 radical (unpaired) electrons. The first-order valence-electron chi connectivity index (χ1n) is 12.0. The van der Waals surface area contributed by atoms with Crippen LogP contribution in [0.4, 0.5) is 0 Å². The molecule has 1 aromatic heterocycles. The van der Waals surface area contributed by atoms with Crippen LogP contribution in [0.3, 0.4) is 0 Å². The summed E-state index contributed by atoms with van der Waals surface area (Å²) in [6.07, 6.45) is 14.9. The molecule has 1 aromatic rings. The van der Waals surface area contributed by atoms with Gasteiger partial charge in [-0.1, -0.05) is 59.1 Å². The molecule has 184 valence electrons. The zero-order valence-electron chi connectivity index (χ0n) is 21.3. The molecule has 0 aromatic carbocycles. The lowest BCUT2D eigenvalue weighted by atomic mass is 10.2. The van der Waals surface area contributed by atoms with Gasteiger partial charge < -0.3 is 4.57 Å². The standard InChI is InChI=1S/C21H37N3.C3H7NO2.C2H4/c1-6-10-13-17-24-20(19(5)22-21(24)14-9-4)18-23(15-11-7-2)16-12-8-3;1-2-3(5)4-6;1-2/h9,13,17H,4,6-8,10-12,14-16,18H2,1-3,5H3;6H,2H2,1H3,(H,4,5);1-2H2/b17-13-;;. The summed E-state index contributed by atoms with van der Waals surface area (Å²) in [4.78, 5) is 17.2. The van der Waals surface area contributed by atoms with Crippen molar-refractivity contribution in [2.75, 3.05) is 13.1 Å². The third kappa shape index (κ3) is 14.0. The number of aryl methyl sites for hydroxylation is 1. The van der Waals surface area contributed by atoms with Gasteiger partial charge in [0.15, 0.2) is 0 Å². The number of amides is 1. The number of unbranched alkanes of at least 4 members (excludes halogenated alkanes) is 3. The summed E-state index contributed by atoms with van der Waals surface area (Å²) in [5.74, 6) is 0.755. The predicted molar refractivity (Wildman–Crippen MR) is 138 cm³/mol. The highest BCUT2D eigenvalue weighted by Crippen LogP contribution is 2.17. The first kappa shape index (κ1) is 32.0. The summed E-state index contributed by atoms with van der Waals surface area (Å²) in [6, 6.07) is 0. The lowest BCUT2D eigenvalue weighted by Crippen LogP contribution is -2.27. The Labute approximate surface area is 197 Å². The number of aromatic nitrogens is 2. The van der Waals surface area contributed by atoms with Gasteiger partial charge in [0.2, 0.25) is 5.91 Å². The molecule has 0 aliphatic carbocycles. The number of rotatable bonds is 14. The number of nitrogens with zero attached hydrogens (tertiary/aromatic N) is 3. The van der Waals surface area contributed by atoms with Crippen molar-refractivity contribution >= 4 is 12.1 Å². The molecule has 0 fully saturated rings. The summed E-state index contributed by atoms with van der Waals surface area (Å²) >= 11 is 0. The molecule has 32 heavy (non-hydrogen) atoms. The normalized spacial score (nSPS) is 10.3. The summed E-state index contributed by atoms with van der Waals surface area (Å²) < 4.78 is 2.30. The van der Waals surface area contributed by atoms with E-state index in [9.17, 15) is 4.79 Å². The molecule has 0 aliphatic rings. The van der Waals surface area contributed by atoms with Gasteiger partial charge in [-0.05, 0) is 39.3 Å². The second-order valence-corrected chi connectivity index (χ2v) is 7.47. The molecule has 6 nitrogen and oxygen atoms in total. The Morgan fingerprint density at radius 2 is 1.72 bits per heavy atom. The minimum atomic E-state index is -0.352. The van der Waals surface area contributed by atoms with Gasteiger partial charge >= 0.3 is 0 Å². The van der Waals surface area contributed by atoms with Crippen LogP contribution in [0.25, 0.3) is 6.20 Å². The van der Waals surface area contributed by atoms with Gasteiger partial charge in [0.1, 0.15) is 5.82 Å². The van der Waals surface area contributed by atoms with Gasteiger partial charge in [0.05, 0.1) is 11.4 Å². The first-order chi connectivity index (χ1) is 15.5. The number of hydroxylamine groups is 1. The van der Waals surface area contributed by atoms with E-state index in [2.05, 4.69) is 69.2 Å². The number of allylic oxidation sites excluding steroid dienone is 2. The summed E-state index contributed by atoms with van der Waals surface area (Å²) in [5, 5.41) is 7.74. The Bertz CT molecular complexity index is 624. The number of carbonyl (C=O) groups is 1. The van der Waals surface area contributed by atoms with Crippen LogP contribution in [0.5, 0.6) is 0 Å². The quantitative estimate of drug-likeness (QED) is 0.199. The summed E-state index contributed by atoms with van der Waals surface area (Å²) in [7, 11) is 0. The van der Waals surface area contributed by atoms with Crippen LogP contribution in [0, 0.1) is 6.92 Å². The molecule has 0 saturated heterocycles. The van der Waals surface area contributed by atoms with Gasteiger partial charge in [-0.2, -0.15) is 0 Å². The van der Waals surface area contributed by atoms with Crippen molar-refractivity contribution in [3.8, 4) is 0 Å². The maximum absolute atomic E-state index is 9.82. The topological polar surface area (TPSA) is 70.4 Å². The molecule has 0 spiro atoms. The van der Waals surface area contributed by atoms with Crippen molar-refractivity contribution in [3.05, 3.63) is 49.1 Å². The molecule has 0 saturated carbocycles. The maximum Gasteiger partial charge on any atom is 0.243 e. The van der Waals surface area contributed by atoms with Crippen LogP contribution in [-0.4, -0.2) is 38.7 Å². The Balaban J connectivity index is 0. The zero-order chi connectivity index (χ0) is 24.8. The fourth-order valence-electron chi connectivity index (χ4n) is 2.95. The molecule has 6 heteroatoms. The van der Waals surface area contributed by atoms with Crippen molar-refractivity contribution in [1.82, 2.24) is 19.9 Å². The largest absolute Gasteiger partial charge is 0.306 e. The van der Waals surface area contributed by atoms with E-state index in [0.29, 0.717) is 6.42 Å². The van der Waals surface area contributed by atoms with Gasteiger partial charge in [-0.25, -0.2) is 10.5 Å². The van der Waals surface area contributed by atoms with Crippen LogP contribution in [0.1, 0.15) is 89.9 Å². The fourth-order valence-corrected chi connectivity index (χ4v) is 2.95. The second-order valence-electron chi connectivity index (χ2n) is 7.47. The highest BCUT2D eigenvalue weighted by atomic mass is 16.5. The number of hydrogen-bond donors (Lipinski definition) is 2. The number of imidazole rings is 1. The average Bonchev–Trinajstić information content (AvgIpc) is 3.11.